The van der Waals surface area contributed by atoms with Crippen molar-refractivity contribution in [3.63, 3.8) is 0 Å². The smallest absolute Gasteiger partial charge is 0.280 e. The summed E-state index contributed by atoms with van der Waals surface area (Å²) in [4.78, 5) is 17.5. The van der Waals surface area contributed by atoms with E-state index in [4.69, 9.17) is 9.47 Å². The molecule has 0 spiro atoms. The van der Waals surface area contributed by atoms with Crippen LogP contribution in [0.2, 0.25) is 0 Å². The highest BCUT2D eigenvalue weighted by Crippen LogP contribution is 2.32. The predicted octanol–water partition coefficient (Wildman–Crippen LogP) is 2.64. The minimum Gasteiger partial charge on any atom is -0.486 e. The Bertz CT molecular complexity index is 723. The molecule has 1 unspecified atom stereocenters. The van der Waals surface area contributed by atoms with Gasteiger partial charge in [-0.1, -0.05) is 23.9 Å². The van der Waals surface area contributed by atoms with Crippen molar-refractivity contribution in [1.29, 1.82) is 0 Å². The van der Waals surface area contributed by atoms with Gasteiger partial charge in [-0.05, 0) is 12.1 Å². The first-order chi connectivity index (χ1) is 10.6. The molecule has 0 aliphatic carbocycles. The lowest BCUT2D eigenvalue weighted by molar-refractivity contribution is 0.107. The number of rotatable bonds is 4. The molecule has 2 heterocycles. The van der Waals surface area contributed by atoms with Gasteiger partial charge < -0.3 is 14.5 Å². The van der Waals surface area contributed by atoms with Crippen LogP contribution in [0.5, 0.6) is 11.5 Å². The second kappa shape index (κ2) is 6.35. The van der Waals surface area contributed by atoms with Crippen LogP contribution in [0.25, 0.3) is 0 Å². The van der Waals surface area contributed by atoms with Crippen molar-refractivity contribution in [2.45, 2.75) is 17.7 Å². The maximum absolute atomic E-state index is 12.6. The summed E-state index contributed by atoms with van der Waals surface area (Å²) in [5, 5.41) is 0.144. The second-order valence-electron chi connectivity index (χ2n) is 4.58. The molecule has 1 aromatic carbocycles. The molecular formula is C14H12F2N2O3S. The van der Waals surface area contributed by atoms with Gasteiger partial charge in [0.25, 0.3) is 12.0 Å². The minimum atomic E-state index is -2.78. The summed E-state index contributed by atoms with van der Waals surface area (Å²) >= 11 is 1.14. The second-order valence-corrected chi connectivity index (χ2v) is 5.59. The van der Waals surface area contributed by atoms with Gasteiger partial charge in [-0.3, -0.25) is 4.79 Å². The van der Waals surface area contributed by atoms with Crippen molar-refractivity contribution in [3.8, 4) is 11.5 Å². The topological polar surface area (TPSA) is 64.2 Å². The average molecular weight is 326 g/mol. The van der Waals surface area contributed by atoms with Crippen molar-refractivity contribution in [3.05, 3.63) is 46.4 Å². The first-order valence-corrected chi connectivity index (χ1v) is 7.51. The molecule has 8 heteroatoms. The maximum atomic E-state index is 12.6. The maximum Gasteiger partial charge on any atom is 0.280 e. The number of thioether (sulfide) groups is 1. The Hall–Kier alpha value is -2.09. The first kappa shape index (κ1) is 14.8. The number of fused-ring (bicyclic) bond motifs is 1. The number of para-hydroxylation sites is 2. The van der Waals surface area contributed by atoms with Gasteiger partial charge in [-0.25, -0.2) is 13.8 Å². The summed E-state index contributed by atoms with van der Waals surface area (Å²) in [7, 11) is 0. The zero-order valence-corrected chi connectivity index (χ0v) is 12.1. The molecule has 0 saturated heterocycles. The lowest BCUT2D eigenvalue weighted by Gasteiger charge is -2.25. The number of H-pyrrole nitrogens is 1. The molecule has 3 rings (SSSR count). The van der Waals surface area contributed by atoms with Crippen molar-refractivity contribution < 1.29 is 18.3 Å². The van der Waals surface area contributed by atoms with Gasteiger partial charge in [0.15, 0.2) is 16.7 Å². The summed E-state index contributed by atoms with van der Waals surface area (Å²) in [5.74, 6) is 1.74. The monoisotopic (exact) mass is 326 g/mol. The molecule has 116 valence electrons. The molecule has 0 amide bonds. The number of benzene rings is 1. The molecule has 1 N–H and O–H groups in total. The number of aromatic nitrogens is 2. The highest BCUT2D eigenvalue weighted by atomic mass is 32.2. The molecule has 0 saturated carbocycles. The molecule has 0 bridgehead atoms. The van der Waals surface area contributed by atoms with Crippen LogP contribution in [0, 0.1) is 0 Å². The van der Waals surface area contributed by atoms with Crippen molar-refractivity contribution in [2.24, 2.45) is 0 Å². The molecule has 1 aliphatic heterocycles. The van der Waals surface area contributed by atoms with E-state index in [0.717, 1.165) is 17.8 Å². The zero-order valence-electron chi connectivity index (χ0n) is 11.3. The van der Waals surface area contributed by atoms with Crippen LogP contribution < -0.4 is 15.0 Å². The molecule has 1 atom stereocenters. The van der Waals surface area contributed by atoms with Crippen LogP contribution in [0.15, 0.2) is 40.3 Å². The van der Waals surface area contributed by atoms with Crippen molar-refractivity contribution in [2.75, 3.05) is 12.4 Å². The van der Waals surface area contributed by atoms with E-state index in [1.165, 1.54) is 0 Å². The third-order valence-electron chi connectivity index (χ3n) is 2.94. The normalized spacial score (nSPS) is 16.8. The number of hydrogen-bond acceptors (Lipinski definition) is 5. The molecule has 0 fully saturated rings. The van der Waals surface area contributed by atoms with Crippen LogP contribution in [0.3, 0.4) is 0 Å². The number of aromatic amines is 1. The largest absolute Gasteiger partial charge is 0.486 e. The Kier molecular flexibility index (Phi) is 4.28. The SMILES string of the molecule is O=c1cc(C(F)F)nc(SCC2COc3ccccc3O2)[nH]1. The molecule has 1 aliphatic rings. The Balaban J connectivity index is 1.65. The number of nitrogens with zero attached hydrogens (tertiary/aromatic N) is 1. The zero-order chi connectivity index (χ0) is 15.5. The lowest BCUT2D eigenvalue weighted by Crippen LogP contribution is -2.31. The van der Waals surface area contributed by atoms with E-state index in [-0.39, 0.29) is 11.3 Å². The van der Waals surface area contributed by atoms with E-state index >= 15 is 0 Å². The third-order valence-corrected chi connectivity index (χ3v) is 3.94. The highest BCUT2D eigenvalue weighted by Gasteiger charge is 2.21. The summed E-state index contributed by atoms with van der Waals surface area (Å²) in [6.45, 7) is 0.350. The molecule has 1 aromatic heterocycles. The van der Waals surface area contributed by atoms with Crippen LogP contribution in [-0.4, -0.2) is 28.4 Å². The predicted molar refractivity (Wildman–Crippen MR) is 76.9 cm³/mol. The fourth-order valence-corrected chi connectivity index (χ4v) is 2.80. The fourth-order valence-electron chi connectivity index (χ4n) is 1.95. The van der Waals surface area contributed by atoms with E-state index < -0.39 is 17.7 Å². The average Bonchev–Trinajstić information content (AvgIpc) is 2.52. The molecule has 5 nitrogen and oxygen atoms in total. The van der Waals surface area contributed by atoms with Gasteiger partial charge in [-0.2, -0.15) is 0 Å². The fraction of sp³-hybridized carbons (Fsp3) is 0.286. The van der Waals surface area contributed by atoms with Gasteiger partial charge >= 0.3 is 0 Å². The number of halogens is 2. The third kappa shape index (κ3) is 3.38. The summed E-state index contributed by atoms with van der Waals surface area (Å²) in [6, 6.07) is 8.09. The Labute approximate surface area is 128 Å². The van der Waals surface area contributed by atoms with E-state index in [2.05, 4.69) is 9.97 Å². The Morgan fingerprint density at radius 1 is 1.36 bits per heavy atom. The van der Waals surface area contributed by atoms with E-state index in [9.17, 15) is 13.6 Å². The summed E-state index contributed by atoms with van der Waals surface area (Å²) in [6.07, 6.45) is -3.02. The van der Waals surface area contributed by atoms with Crippen LogP contribution in [0.4, 0.5) is 8.78 Å². The minimum absolute atomic E-state index is 0.144. The van der Waals surface area contributed by atoms with Gasteiger partial charge in [-0.15, -0.1) is 0 Å². The van der Waals surface area contributed by atoms with Gasteiger partial charge in [0.05, 0.1) is 0 Å². The molecule has 22 heavy (non-hydrogen) atoms. The van der Waals surface area contributed by atoms with Crippen LogP contribution in [-0.2, 0) is 0 Å². The van der Waals surface area contributed by atoms with Crippen molar-refractivity contribution in [1.82, 2.24) is 9.97 Å². The number of nitrogens with one attached hydrogen (secondary N) is 1. The molecule has 0 radical (unpaired) electrons. The summed E-state index contributed by atoms with van der Waals surface area (Å²) in [5.41, 5.74) is -1.13. The number of hydrogen-bond donors (Lipinski definition) is 1. The Morgan fingerprint density at radius 2 is 2.14 bits per heavy atom. The summed E-state index contributed by atoms with van der Waals surface area (Å²) < 4.78 is 36.5. The van der Waals surface area contributed by atoms with Crippen LogP contribution >= 0.6 is 11.8 Å². The first-order valence-electron chi connectivity index (χ1n) is 6.52. The van der Waals surface area contributed by atoms with Crippen molar-refractivity contribution >= 4 is 11.8 Å². The van der Waals surface area contributed by atoms with Gasteiger partial charge in [0.1, 0.15) is 18.4 Å². The molecule has 2 aromatic rings. The highest BCUT2D eigenvalue weighted by molar-refractivity contribution is 7.99. The Morgan fingerprint density at radius 3 is 2.91 bits per heavy atom. The lowest BCUT2D eigenvalue weighted by atomic mass is 10.3. The molecular weight excluding hydrogens is 314 g/mol. The van der Waals surface area contributed by atoms with Crippen LogP contribution in [0.1, 0.15) is 12.1 Å². The number of ether oxygens (including phenoxy) is 2. The standard InChI is InChI=1S/C14H12F2N2O3S/c15-13(16)9-5-12(19)18-14(17-9)22-7-8-6-20-10-3-1-2-4-11(10)21-8/h1-5,8,13H,6-7H2,(H,17,18,19). The number of alkyl halides is 2. The van der Waals surface area contributed by atoms with E-state index in [0.29, 0.717) is 23.9 Å². The van der Waals surface area contributed by atoms with E-state index in [1.54, 1.807) is 6.07 Å². The van der Waals surface area contributed by atoms with Gasteiger partial charge in [0.2, 0.25) is 0 Å². The quantitative estimate of drug-likeness (QED) is 0.691. The van der Waals surface area contributed by atoms with E-state index in [1.807, 2.05) is 18.2 Å². The van der Waals surface area contributed by atoms with Gasteiger partial charge in [0, 0.05) is 11.8 Å².